The lowest BCUT2D eigenvalue weighted by molar-refractivity contribution is 0.0728. The molecule has 178 valence electrons. The van der Waals surface area contributed by atoms with E-state index in [4.69, 9.17) is 25.8 Å². The van der Waals surface area contributed by atoms with Crippen molar-refractivity contribution in [2.75, 3.05) is 13.2 Å². The number of hydrazone groups is 1. The zero-order chi connectivity index (χ0) is 24.6. The molecule has 0 saturated heterocycles. The second-order valence-electron chi connectivity index (χ2n) is 6.79. The van der Waals surface area contributed by atoms with Gasteiger partial charge < -0.3 is 14.2 Å². The molecule has 3 rings (SSSR count). The highest BCUT2D eigenvalue weighted by Gasteiger charge is 2.14. The van der Waals surface area contributed by atoms with E-state index in [0.717, 1.165) is 0 Å². The fourth-order valence-corrected chi connectivity index (χ4v) is 3.72. The van der Waals surface area contributed by atoms with Crippen LogP contribution in [0.25, 0.3) is 0 Å². The third-order valence-corrected chi connectivity index (χ3v) is 5.87. The molecule has 10 heteroatoms. The summed E-state index contributed by atoms with van der Waals surface area (Å²) >= 11 is 5.79. The van der Waals surface area contributed by atoms with Gasteiger partial charge in [0, 0.05) is 5.02 Å². The molecule has 0 unspecified atom stereocenters. The van der Waals surface area contributed by atoms with Crippen LogP contribution < -0.4 is 19.0 Å². The molecule has 1 N–H and O–H groups in total. The number of carbonyl (C=O) groups is 1. The highest BCUT2D eigenvalue weighted by molar-refractivity contribution is 7.89. The minimum absolute atomic E-state index is 0.0283. The Kier molecular flexibility index (Phi) is 8.50. The highest BCUT2D eigenvalue weighted by atomic mass is 35.5. The summed E-state index contributed by atoms with van der Waals surface area (Å²) in [7, 11) is -3.85. The number of nitrogens with one attached hydrogen (secondary N) is 1. The molecule has 0 saturated carbocycles. The van der Waals surface area contributed by atoms with Crippen LogP contribution in [-0.4, -0.2) is 33.8 Å². The molecule has 0 bridgehead atoms. The third kappa shape index (κ3) is 6.72. The molecular formula is C24H23ClN2O6S. The number of nitrogens with zero attached hydrogens (tertiary/aromatic N) is 1. The van der Waals surface area contributed by atoms with E-state index in [-0.39, 0.29) is 10.6 Å². The van der Waals surface area contributed by atoms with Gasteiger partial charge in [0.1, 0.15) is 5.75 Å². The number of hydrogen-bond donors (Lipinski definition) is 1. The first kappa shape index (κ1) is 25.1. The van der Waals surface area contributed by atoms with Crippen LogP contribution in [0.1, 0.15) is 29.8 Å². The van der Waals surface area contributed by atoms with Crippen molar-refractivity contribution >= 4 is 33.8 Å². The first-order valence-corrected chi connectivity index (χ1v) is 12.2. The number of esters is 1. The van der Waals surface area contributed by atoms with Crippen LogP contribution in [0.15, 0.2) is 76.7 Å². The van der Waals surface area contributed by atoms with E-state index in [1.165, 1.54) is 30.5 Å². The summed E-state index contributed by atoms with van der Waals surface area (Å²) < 4.78 is 41.1. The fraction of sp³-hybridized carbons (Fsp3) is 0.167. The maximum absolute atomic E-state index is 12.5. The van der Waals surface area contributed by atoms with Crippen LogP contribution in [0.3, 0.4) is 0 Å². The molecule has 0 amide bonds. The van der Waals surface area contributed by atoms with E-state index in [1.54, 1.807) is 49.4 Å². The van der Waals surface area contributed by atoms with E-state index >= 15 is 0 Å². The minimum atomic E-state index is -3.85. The number of sulfonamides is 1. The molecule has 0 spiro atoms. The molecule has 3 aromatic rings. The van der Waals surface area contributed by atoms with Crippen molar-refractivity contribution in [3.05, 3.63) is 82.9 Å². The summed E-state index contributed by atoms with van der Waals surface area (Å²) in [5.74, 6) is 0.636. The van der Waals surface area contributed by atoms with Gasteiger partial charge in [0.25, 0.3) is 10.0 Å². The normalized spacial score (nSPS) is 11.3. The van der Waals surface area contributed by atoms with Crippen molar-refractivity contribution in [3.8, 4) is 17.2 Å². The molecule has 8 nitrogen and oxygen atoms in total. The molecule has 0 aromatic heterocycles. The van der Waals surface area contributed by atoms with Gasteiger partial charge in [-0.15, -0.1) is 0 Å². The standard InChI is InChI=1S/C24H23ClN2O6S/c1-3-31-20-10-6-18(7-11-20)24(28)33-22-14-5-17(15-23(22)32-4-2)16-26-27-34(29,30)21-12-8-19(25)9-13-21/h5-16,27H,3-4H2,1-2H3/b26-16-. The lowest BCUT2D eigenvalue weighted by Crippen LogP contribution is -2.18. The summed E-state index contributed by atoms with van der Waals surface area (Å²) in [5, 5.41) is 4.23. The molecule has 0 aliphatic heterocycles. The largest absolute Gasteiger partial charge is 0.494 e. The van der Waals surface area contributed by atoms with Gasteiger partial charge in [0.2, 0.25) is 0 Å². The zero-order valence-corrected chi connectivity index (χ0v) is 20.1. The average Bonchev–Trinajstić information content (AvgIpc) is 2.81. The number of hydrogen-bond acceptors (Lipinski definition) is 7. The summed E-state index contributed by atoms with van der Waals surface area (Å²) in [6.07, 6.45) is 1.31. The van der Waals surface area contributed by atoms with Gasteiger partial charge in [0.05, 0.1) is 29.9 Å². The smallest absolute Gasteiger partial charge is 0.343 e. The number of ether oxygens (including phenoxy) is 3. The predicted octanol–water partition coefficient (Wildman–Crippen LogP) is 4.67. The Morgan fingerprint density at radius 1 is 0.941 bits per heavy atom. The van der Waals surface area contributed by atoms with Crippen LogP contribution in [0.5, 0.6) is 17.2 Å². The summed E-state index contributed by atoms with van der Waals surface area (Å²) in [5.41, 5.74) is 0.885. The van der Waals surface area contributed by atoms with Gasteiger partial charge in [-0.2, -0.15) is 13.5 Å². The Balaban J connectivity index is 1.71. The van der Waals surface area contributed by atoms with Crippen LogP contribution in [-0.2, 0) is 10.0 Å². The van der Waals surface area contributed by atoms with Crippen molar-refractivity contribution in [1.82, 2.24) is 4.83 Å². The third-order valence-electron chi connectivity index (χ3n) is 4.38. The van der Waals surface area contributed by atoms with E-state index in [9.17, 15) is 13.2 Å². The predicted molar refractivity (Wildman–Crippen MR) is 130 cm³/mol. The molecular weight excluding hydrogens is 480 g/mol. The van der Waals surface area contributed by atoms with Crippen LogP contribution in [0, 0.1) is 0 Å². The minimum Gasteiger partial charge on any atom is -0.494 e. The highest BCUT2D eigenvalue weighted by Crippen LogP contribution is 2.29. The SMILES string of the molecule is CCOc1ccc(C(=O)Oc2ccc(/C=N\NS(=O)(=O)c3ccc(Cl)cc3)cc2OCC)cc1. The van der Waals surface area contributed by atoms with Gasteiger partial charge in [-0.25, -0.2) is 9.63 Å². The van der Waals surface area contributed by atoms with Crippen LogP contribution >= 0.6 is 11.6 Å². The number of rotatable bonds is 10. The molecule has 3 aromatic carbocycles. The second-order valence-corrected chi connectivity index (χ2v) is 8.89. The molecule has 0 heterocycles. The summed E-state index contributed by atoms with van der Waals surface area (Å²) in [6.45, 7) is 4.52. The Morgan fingerprint density at radius 3 is 2.26 bits per heavy atom. The maximum Gasteiger partial charge on any atom is 0.343 e. The van der Waals surface area contributed by atoms with E-state index in [2.05, 4.69) is 9.93 Å². The van der Waals surface area contributed by atoms with Crippen molar-refractivity contribution < 1.29 is 27.4 Å². The van der Waals surface area contributed by atoms with Crippen molar-refractivity contribution in [2.24, 2.45) is 5.10 Å². The molecule has 34 heavy (non-hydrogen) atoms. The Morgan fingerprint density at radius 2 is 1.62 bits per heavy atom. The van der Waals surface area contributed by atoms with Gasteiger partial charge in [-0.1, -0.05) is 11.6 Å². The zero-order valence-electron chi connectivity index (χ0n) is 18.5. The number of benzene rings is 3. The maximum atomic E-state index is 12.5. The Hall–Kier alpha value is -3.56. The number of carbonyl (C=O) groups excluding carboxylic acids is 1. The summed E-state index contributed by atoms with van der Waals surface area (Å²) in [6, 6.07) is 17.1. The first-order chi connectivity index (χ1) is 16.3. The quantitative estimate of drug-likeness (QED) is 0.187. The van der Waals surface area contributed by atoms with Crippen molar-refractivity contribution in [2.45, 2.75) is 18.7 Å². The molecule has 0 aliphatic carbocycles. The molecule has 0 fully saturated rings. The molecule has 0 atom stereocenters. The lowest BCUT2D eigenvalue weighted by Gasteiger charge is -2.11. The Labute approximate surface area is 203 Å². The topological polar surface area (TPSA) is 103 Å². The Bertz CT molecular complexity index is 1260. The average molecular weight is 503 g/mol. The van der Waals surface area contributed by atoms with Gasteiger partial charge in [0.15, 0.2) is 11.5 Å². The fourth-order valence-electron chi connectivity index (χ4n) is 2.81. The summed E-state index contributed by atoms with van der Waals surface area (Å²) in [4.78, 5) is 14.7. The number of halogens is 1. The monoisotopic (exact) mass is 502 g/mol. The van der Waals surface area contributed by atoms with Crippen molar-refractivity contribution in [3.63, 3.8) is 0 Å². The lowest BCUT2D eigenvalue weighted by atomic mass is 10.2. The molecule has 0 radical (unpaired) electrons. The van der Waals surface area contributed by atoms with E-state index in [0.29, 0.717) is 40.9 Å². The molecule has 0 aliphatic rings. The van der Waals surface area contributed by atoms with Gasteiger partial charge >= 0.3 is 5.97 Å². The van der Waals surface area contributed by atoms with E-state index < -0.39 is 16.0 Å². The van der Waals surface area contributed by atoms with Crippen molar-refractivity contribution in [1.29, 1.82) is 0 Å². The van der Waals surface area contributed by atoms with E-state index in [1.807, 2.05) is 6.92 Å². The van der Waals surface area contributed by atoms with Gasteiger partial charge in [-0.05, 0) is 86.1 Å². The van der Waals surface area contributed by atoms with Crippen LogP contribution in [0.4, 0.5) is 0 Å². The second kappa shape index (κ2) is 11.5. The first-order valence-electron chi connectivity index (χ1n) is 10.3. The van der Waals surface area contributed by atoms with Gasteiger partial charge in [-0.3, -0.25) is 0 Å². The van der Waals surface area contributed by atoms with Crippen LogP contribution in [0.2, 0.25) is 5.02 Å².